The number of hydrogen-bond donors (Lipinski definition) is 1. The Morgan fingerprint density at radius 2 is 1.67 bits per heavy atom. The van der Waals surface area contributed by atoms with E-state index in [0.717, 1.165) is 6.54 Å². The summed E-state index contributed by atoms with van der Waals surface area (Å²) in [5.74, 6) is 0. The van der Waals surface area contributed by atoms with Crippen molar-refractivity contribution in [2.45, 2.75) is 53.6 Å². The molecule has 0 atom stereocenters. The fourth-order valence-corrected chi connectivity index (χ4v) is 3.27. The third-order valence-corrected chi connectivity index (χ3v) is 4.69. The minimum atomic E-state index is 0.175. The van der Waals surface area contributed by atoms with Crippen LogP contribution in [0.5, 0.6) is 0 Å². The van der Waals surface area contributed by atoms with Gasteiger partial charge in [-0.05, 0) is 69.7 Å². The van der Waals surface area contributed by atoms with Gasteiger partial charge < -0.3 is 5.32 Å². The fourth-order valence-electron chi connectivity index (χ4n) is 2.04. The van der Waals surface area contributed by atoms with Gasteiger partial charge in [-0.25, -0.2) is 0 Å². The first-order valence-electron chi connectivity index (χ1n) is 6.52. The Balaban J connectivity index is 2.38. The van der Waals surface area contributed by atoms with Crippen LogP contribution in [0.2, 0.25) is 0 Å². The van der Waals surface area contributed by atoms with Gasteiger partial charge in [-0.2, -0.15) is 0 Å². The summed E-state index contributed by atoms with van der Waals surface area (Å²) >= 11 is 1.92. The Hall–Kier alpha value is -0.860. The summed E-state index contributed by atoms with van der Waals surface area (Å²) in [7, 11) is 0. The number of thiophene rings is 1. The highest BCUT2D eigenvalue weighted by atomic mass is 32.1. The molecular formula is C16H23NS. The quantitative estimate of drug-likeness (QED) is 0.825. The van der Waals surface area contributed by atoms with Gasteiger partial charge in [0.1, 0.15) is 0 Å². The summed E-state index contributed by atoms with van der Waals surface area (Å²) in [6.45, 7) is 14.2. The molecule has 0 aliphatic rings. The number of nitrogens with one attached hydrogen (secondary N) is 1. The van der Waals surface area contributed by atoms with Crippen molar-refractivity contribution in [1.82, 2.24) is 5.32 Å². The zero-order chi connectivity index (χ0) is 13.5. The van der Waals surface area contributed by atoms with Crippen molar-refractivity contribution in [3.63, 3.8) is 0 Å². The van der Waals surface area contributed by atoms with Gasteiger partial charge in [0.2, 0.25) is 0 Å². The van der Waals surface area contributed by atoms with E-state index < -0.39 is 0 Å². The highest BCUT2D eigenvalue weighted by molar-refractivity contribution is 7.19. The van der Waals surface area contributed by atoms with Gasteiger partial charge in [0, 0.05) is 21.7 Å². The first-order chi connectivity index (χ1) is 8.28. The second-order valence-corrected chi connectivity index (χ2v) is 7.32. The maximum atomic E-state index is 3.58. The highest BCUT2D eigenvalue weighted by Crippen LogP contribution is 2.32. The third kappa shape index (κ3) is 2.76. The van der Waals surface area contributed by atoms with Crippen molar-refractivity contribution in [1.29, 1.82) is 0 Å². The number of rotatable bonds is 2. The molecule has 0 aliphatic heterocycles. The van der Waals surface area contributed by atoms with Crippen molar-refractivity contribution >= 4 is 21.4 Å². The smallest absolute Gasteiger partial charge is 0.0351 e. The Morgan fingerprint density at radius 1 is 1.06 bits per heavy atom. The van der Waals surface area contributed by atoms with Gasteiger partial charge >= 0.3 is 0 Å². The molecule has 1 aromatic carbocycles. The summed E-state index contributed by atoms with van der Waals surface area (Å²) in [6.07, 6.45) is 0. The van der Waals surface area contributed by atoms with E-state index in [-0.39, 0.29) is 5.54 Å². The second kappa shape index (κ2) is 4.67. The number of aryl methyl sites for hydroxylation is 3. The van der Waals surface area contributed by atoms with Crippen LogP contribution in [-0.4, -0.2) is 5.54 Å². The highest BCUT2D eigenvalue weighted by Gasteiger charge is 2.13. The second-order valence-electron chi connectivity index (χ2n) is 6.19. The molecule has 0 saturated carbocycles. The lowest BCUT2D eigenvalue weighted by molar-refractivity contribution is 0.426. The molecule has 1 nitrogen and oxygen atoms in total. The van der Waals surface area contributed by atoms with E-state index in [0.29, 0.717) is 0 Å². The standard InChI is InChI=1S/C16H23NS/c1-10-7-13-12(3)15(9-17-16(4,5)6)18-14(13)8-11(10)2/h7-8,17H,9H2,1-6H3. The van der Waals surface area contributed by atoms with E-state index >= 15 is 0 Å². The molecule has 2 rings (SSSR count). The third-order valence-electron chi connectivity index (χ3n) is 3.43. The summed E-state index contributed by atoms with van der Waals surface area (Å²) in [5, 5.41) is 5.00. The molecule has 0 fully saturated rings. The summed E-state index contributed by atoms with van der Waals surface area (Å²) < 4.78 is 1.42. The molecule has 98 valence electrons. The van der Waals surface area contributed by atoms with Crippen LogP contribution in [0.3, 0.4) is 0 Å². The predicted molar refractivity (Wildman–Crippen MR) is 82.6 cm³/mol. The van der Waals surface area contributed by atoms with Crippen molar-refractivity contribution in [3.8, 4) is 0 Å². The first kappa shape index (κ1) is 13.6. The van der Waals surface area contributed by atoms with E-state index in [4.69, 9.17) is 0 Å². The van der Waals surface area contributed by atoms with Crippen LogP contribution in [-0.2, 0) is 6.54 Å². The molecule has 0 amide bonds. The molecule has 0 radical (unpaired) electrons. The van der Waals surface area contributed by atoms with E-state index in [1.165, 1.54) is 31.7 Å². The van der Waals surface area contributed by atoms with E-state index in [2.05, 4.69) is 59.0 Å². The van der Waals surface area contributed by atoms with Crippen molar-refractivity contribution < 1.29 is 0 Å². The van der Waals surface area contributed by atoms with Gasteiger partial charge in [-0.3, -0.25) is 0 Å². The fraction of sp³-hybridized carbons (Fsp3) is 0.500. The molecule has 2 aromatic rings. The van der Waals surface area contributed by atoms with Crippen LogP contribution in [0.1, 0.15) is 42.3 Å². The van der Waals surface area contributed by atoms with Crippen LogP contribution in [0.15, 0.2) is 12.1 Å². The zero-order valence-electron chi connectivity index (χ0n) is 12.3. The molecule has 0 saturated heterocycles. The van der Waals surface area contributed by atoms with Crippen molar-refractivity contribution in [2.24, 2.45) is 0 Å². The lowest BCUT2D eigenvalue weighted by Gasteiger charge is -2.20. The zero-order valence-corrected chi connectivity index (χ0v) is 13.1. The average molecular weight is 261 g/mol. The van der Waals surface area contributed by atoms with Crippen LogP contribution in [0.4, 0.5) is 0 Å². The van der Waals surface area contributed by atoms with Gasteiger partial charge in [0.05, 0.1) is 0 Å². The maximum Gasteiger partial charge on any atom is 0.0351 e. The Bertz CT molecular complexity index is 573. The number of fused-ring (bicyclic) bond motifs is 1. The topological polar surface area (TPSA) is 12.0 Å². The lowest BCUT2D eigenvalue weighted by Crippen LogP contribution is -2.34. The average Bonchev–Trinajstić information content (AvgIpc) is 2.53. The molecule has 1 aromatic heterocycles. The van der Waals surface area contributed by atoms with E-state index in [1.807, 2.05) is 11.3 Å². The van der Waals surface area contributed by atoms with Crippen LogP contribution < -0.4 is 5.32 Å². The van der Waals surface area contributed by atoms with E-state index in [9.17, 15) is 0 Å². The number of hydrogen-bond acceptors (Lipinski definition) is 2. The van der Waals surface area contributed by atoms with E-state index in [1.54, 1.807) is 0 Å². The summed E-state index contributed by atoms with van der Waals surface area (Å²) in [6, 6.07) is 4.65. The van der Waals surface area contributed by atoms with Gasteiger partial charge in [-0.1, -0.05) is 6.07 Å². The molecule has 0 spiro atoms. The molecule has 0 aliphatic carbocycles. The SMILES string of the molecule is Cc1cc2sc(CNC(C)(C)C)c(C)c2cc1C. The largest absolute Gasteiger partial charge is 0.307 e. The molecule has 2 heteroatoms. The lowest BCUT2D eigenvalue weighted by atomic mass is 10.0. The minimum Gasteiger partial charge on any atom is -0.307 e. The first-order valence-corrected chi connectivity index (χ1v) is 7.34. The van der Waals surface area contributed by atoms with Crippen LogP contribution in [0.25, 0.3) is 10.1 Å². The molecular weight excluding hydrogens is 238 g/mol. The van der Waals surface area contributed by atoms with Crippen LogP contribution in [0, 0.1) is 20.8 Å². The Labute approximate surface area is 114 Å². The van der Waals surface area contributed by atoms with Crippen molar-refractivity contribution in [3.05, 3.63) is 33.7 Å². The van der Waals surface area contributed by atoms with Crippen molar-refractivity contribution in [2.75, 3.05) is 0 Å². The van der Waals surface area contributed by atoms with Gasteiger partial charge in [-0.15, -0.1) is 11.3 Å². The normalized spacial score (nSPS) is 12.3. The molecule has 1 heterocycles. The maximum absolute atomic E-state index is 3.58. The molecule has 0 bridgehead atoms. The predicted octanol–water partition coefficient (Wildman–Crippen LogP) is 4.71. The summed E-state index contributed by atoms with van der Waals surface area (Å²) in [5.41, 5.74) is 4.39. The molecule has 1 N–H and O–H groups in total. The Morgan fingerprint density at radius 3 is 2.28 bits per heavy atom. The summed E-state index contributed by atoms with van der Waals surface area (Å²) in [4.78, 5) is 1.46. The minimum absolute atomic E-state index is 0.175. The van der Waals surface area contributed by atoms with Crippen LogP contribution >= 0.6 is 11.3 Å². The monoisotopic (exact) mass is 261 g/mol. The van der Waals surface area contributed by atoms with Gasteiger partial charge in [0.15, 0.2) is 0 Å². The Kier molecular flexibility index (Phi) is 3.52. The van der Waals surface area contributed by atoms with Gasteiger partial charge in [0.25, 0.3) is 0 Å². The molecule has 18 heavy (non-hydrogen) atoms. The number of benzene rings is 1. The molecule has 0 unspecified atom stereocenters.